The van der Waals surface area contributed by atoms with E-state index in [-0.39, 0.29) is 6.03 Å². The van der Waals surface area contributed by atoms with Crippen LogP contribution in [0.5, 0.6) is 0 Å². The van der Waals surface area contributed by atoms with E-state index in [9.17, 15) is 4.79 Å². The van der Waals surface area contributed by atoms with Gasteiger partial charge < -0.3 is 9.64 Å². The first-order chi connectivity index (χ1) is 8.27. The minimum absolute atomic E-state index is 0.169. The van der Waals surface area contributed by atoms with Gasteiger partial charge in [-0.1, -0.05) is 0 Å². The summed E-state index contributed by atoms with van der Waals surface area (Å²) in [7, 11) is 0. The van der Waals surface area contributed by atoms with Crippen LogP contribution in [0.25, 0.3) is 0 Å². The molecule has 1 saturated heterocycles. The Balaban J connectivity index is 2.04. The van der Waals surface area contributed by atoms with E-state index in [1.165, 1.54) is 0 Å². The minimum atomic E-state index is -0.169. The second-order valence-corrected chi connectivity index (χ2v) is 3.88. The number of urea groups is 1. The molecule has 0 unspecified atom stereocenters. The molecule has 1 rings (SSSR count). The molecular formula is C11H23N3O3. The lowest BCUT2D eigenvalue weighted by Gasteiger charge is -2.26. The van der Waals surface area contributed by atoms with Gasteiger partial charge in [0.25, 0.3) is 0 Å². The molecule has 0 aromatic carbocycles. The van der Waals surface area contributed by atoms with Gasteiger partial charge in [-0.15, -0.1) is 0 Å². The van der Waals surface area contributed by atoms with Crippen molar-refractivity contribution in [3.05, 3.63) is 0 Å². The molecule has 0 saturated carbocycles. The van der Waals surface area contributed by atoms with Crippen molar-refractivity contribution in [2.45, 2.75) is 13.8 Å². The Kier molecular flexibility index (Phi) is 6.91. The van der Waals surface area contributed by atoms with Crippen molar-refractivity contribution in [1.29, 1.82) is 0 Å². The van der Waals surface area contributed by atoms with Gasteiger partial charge in [-0.3, -0.25) is 9.74 Å². The van der Waals surface area contributed by atoms with E-state index >= 15 is 0 Å². The predicted molar refractivity (Wildman–Crippen MR) is 64.7 cm³/mol. The monoisotopic (exact) mass is 245 g/mol. The lowest BCUT2D eigenvalue weighted by Crippen LogP contribution is -2.42. The van der Waals surface area contributed by atoms with Crippen molar-refractivity contribution in [3.8, 4) is 0 Å². The van der Waals surface area contributed by atoms with Crippen molar-refractivity contribution in [3.63, 3.8) is 0 Å². The third-order valence-corrected chi connectivity index (χ3v) is 2.82. The normalized spacial score (nSPS) is 16.8. The molecule has 1 aliphatic rings. The van der Waals surface area contributed by atoms with Crippen molar-refractivity contribution < 1.29 is 14.4 Å². The van der Waals surface area contributed by atoms with Crippen LogP contribution in [0.1, 0.15) is 13.8 Å². The largest absolute Gasteiger partial charge is 0.379 e. The molecule has 0 radical (unpaired) electrons. The number of nitrogens with one attached hydrogen (secondary N) is 1. The van der Waals surface area contributed by atoms with Crippen LogP contribution in [0.3, 0.4) is 0 Å². The number of hydrogen-bond donors (Lipinski definition) is 1. The average Bonchev–Trinajstić information content (AvgIpc) is 2.37. The number of rotatable bonds is 6. The highest BCUT2D eigenvalue weighted by molar-refractivity contribution is 5.72. The fraction of sp³-hybridized carbons (Fsp3) is 0.909. The zero-order chi connectivity index (χ0) is 12.5. The first-order valence-electron chi connectivity index (χ1n) is 6.24. The smallest absolute Gasteiger partial charge is 0.341 e. The molecule has 0 atom stereocenters. The molecule has 0 aliphatic carbocycles. The molecule has 0 spiro atoms. The minimum Gasteiger partial charge on any atom is -0.379 e. The van der Waals surface area contributed by atoms with Gasteiger partial charge in [0.15, 0.2) is 0 Å². The highest BCUT2D eigenvalue weighted by Gasteiger charge is 2.11. The van der Waals surface area contributed by atoms with Crippen LogP contribution in [0, 0.1) is 0 Å². The van der Waals surface area contributed by atoms with E-state index in [1.54, 1.807) is 4.90 Å². The van der Waals surface area contributed by atoms with Gasteiger partial charge in [-0.2, -0.15) is 0 Å². The Labute approximate surface area is 103 Å². The average molecular weight is 245 g/mol. The van der Waals surface area contributed by atoms with E-state index in [1.807, 2.05) is 13.8 Å². The molecule has 17 heavy (non-hydrogen) atoms. The van der Waals surface area contributed by atoms with Gasteiger partial charge in [0, 0.05) is 32.7 Å². The van der Waals surface area contributed by atoms with Gasteiger partial charge in [-0.05, 0) is 13.8 Å². The number of nitrogens with zero attached hydrogens (tertiary/aromatic N) is 2. The maximum absolute atomic E-state index is 11.5. The number of amides is 2. The summed E-state index contributed by atoms with van der Waals surface area (Å²) in [6.45, 7) is 10.0. The Morgan fingerprint density at radius 2 is 2.00 bits per heavy atom. The maximum Gasteiger partial charge on any atom is 0.341 e. The molecule has 0 aromatic rings. The van der Waals surface area contributed by atoms with E-state index in [4.69, 9.17) is 9.57 Å². The predicted octanol–water partition coefficient (Wildman–Crippen LogP) is 0.302. The summed E-state index contributed by atoms with van der Waals surface area (Å²) >= 11 is 0. The van der Waals surface area contributed by atoms with Gasteiger partial charge in [-0.25, -0.2) is 10.3 Å². The third-order valence-electron chi connectivity index (χ3n) is 2.82. The third kappa shape index (κ3) is 5.34. The molecule has 2 amide bonds. The van der Waals surface area contributed by atoms with Crippen LogP contribution in [-0.4, -0.2) is 68.4 Å². The van der Waals surface area contributed by atoms with Crippen LogP contribution in [0.2, 0.25) is 0 Å². The van der Waals surface area contributed by atoms with Crippen LogP contribution in [0.4, 0.5) is 4.79 Å². The topological polar surface area (TPSA) is 54.0 Å². The van der Waals surface area contributed by atoms with Gasteiger partial charge >= 0.3 is 6.03 Å². The number of hydroxylamine groups is 1. The summed E-state index contributed by atoms with van der Waals surface area (Å²) in [5.41, 5.74) is 2.45. The molecule has 100 valence electrons. The van der Waals surface area contributed by atoms with Gasteiger partial charge in [0.05, 0.1) is 19.8 Å². The molecule has 1 heterocycles. The van der Waals surface area contributed by atoms with Crippen LogP contribution < -0.4 is 5.48 Å². The first-order valence-corrected chi connectivity index (χ1v) is 6.24. The highest BCUT2D eigenvalue weighted by Crippen LogP contribution is 1.95. The van der Waals surface area contributed by atoms with E-state index in [0.717, 1.165) is 32.8 Å². The van der Waals surface area contributed by atoms with Gasteiger partial charge in [0.1, 0.15) is 0 Å². The maximum atomic E-state index is 11.5. The zero-order valence-corrected chi connectivity index (χ0v) is 10.8. The van der Waals surface area contributed by atoms with Crippen LogP contribution >= 0.6 is 0 Å². The second kappa shape index (κ2) is 8.27. The summed E-state index contributed by atoms with van der Waals surface area (Å²) in [5.74, 6) is 0. The molecule has 1 N–H and O–H groups in total. The second-order valence-electron chi connectivity index (χ2n) is 3.88. The molecule has 1 fully saturated rings. The van der Waals surface area contributed by atoms with Gasteiger partial charge in [0.2, 0.25) is 0 Å². The quantitative estimate of drug-likeness (QED) is 0.540. The van der Waals surface area contributed by atoms with Crippen molar-refractivity contribution in [2.24, 2.45) is 0 Å². The van der Waals surface area contributed by atoms with E-state index in [0.29, 0.717) is 19.7 Å². The summed E-state index contributed by atoms with van der Waals surface area (Å²) in [4.78, 5) is 20.6. The number of ether oxygens (including phenoxy) is 1. The number of hydrogen-bond acceptors (Lipinski definition) is 4. The molecule has 0 aromatic heterocycles. The van der Waals surface area contributed by atoms with Crippen LogP contribution in [-0.2, 0) is 9.57 Å². The molecule has 6 heteroatoms. The van der Waals surface area contributed by atoms with Crippen molar-refractivity contribution in [1.82, 2.24) is 15.3 Å². The summed E-state index contributed by atoms with van der Waals surface area (Å²) in [6.07, 6.45) is 0. The molecular weight excluding hydrogens is 222 g/mol. The van der Waals surface area contributed by atoms with Crippen LogP contribution in [0.15, 0.2) is 0 Å². The zero-order valence-electron chi connectivity index (χ0n) is 10.8. The number of carbonyl (C=O) groups is 1. The van der Waals surface area contributed by atoms with E-state index < -0.39 is 0 Å². The fourth-order valence-electron chi connectivity index (χ4n) is 1.69. The SMILES string of the molecule is CCN(CC)C(=O)NOCCN1CCOCC1. The Bertz CT molecular complexity index is 216. The lowest BCUT2D eigenvalue weighted by molar-refractivity contribution is 0.00151. The van der Waals surface area contributed by atoms with Crippen molar-refractivity contribution in [2.75, 3.05) is 52.5 Å². The highest BCUT2D eigenvalue weighted by atomic mass is 16.7. The molecule has 0 bridgehead atoms. The van der Waals surface area contributed by atoms with Crippen molar-refractivity contribution >= 4 is 6.03 Å². The standard InChI is InChI=1S/C11H23N3O3/c1-3-14(4-2)11(15)12-17-10-7-13-5-8-16-9-6-13/h3-10H2,1-2H3,(H,12,15). The van der Waals surface area contributed by atoms with E-state index in [2.05, 4.69) is 10.4 Å². The lowest BCUT2D eigenvalue weighted by atomic mass is 10.4. The summed E-state index contributed by atoms with van der Waals surface area (Å²) in [5, 5.41) is 0. The Hall–Kier alpha value is -0.850. The Morgan fingerprint density at radius 1 is 1.35 bits per heavy atom. The molecule has 1 aliphatic heterocycles. The summed E-state index contributed by atoms with van der Waals surface area (Å²) < 4.78 is 5.25. The Morgan fingerprint density at radius 3 is 2.59 bits per heavy atom. The number of carbonyl (C=O) groups excluding carboxylic acids is 1. The summed E-state index contributed by atoms with van der Waals surface area (Å²) in [6, 6.07) is -0.169. The molecule has 6 nitrogen and oxygen atoms in total. The fourth-order valence-corrected chi connectivity index (χ4v) is 1.69. The first kappa shape index (κ1) is 14.2. The number of morpholine rings is 1.